The minimum atomic E-state index is -0.949. The van der Waals surface area contributed by atoms with Crippen LogP contribution < -0.4 is 9.47 Å². The first kappa shape index (κ1) is 15.0. The van der Waals surface area contributed by atoms with Gasteiger partial charge in [0.2, 0.25) is 6.79 Å². The van der Waals surface area contributed by atoms with Gasteiger partial charge in [-0.1, -0.05) is 23.7 Å². The lowest BCUT2D eigenvalue weighted by atomic mass is 10.1. The molecular weight excluding hydrogens is 330 g/mol. The van der Waals surface area contributed by atoms with E-state index in [-0.39, 0.29) is 6.79 Å². The van der Waals surface area contributed by atoms with Crippen LogP contribution in [0, 0.1) is 6.92 Å². The lowest BCUT2D eigenvalue weighted by molar-refractivity contribution is 0.174. The van der Waals surface area contributed by atoms with Crippen molar-refractivity contribution in [3.8, 4) is 17.2 Å². The van der Waals surface area contributed by atoms with E-state index in [0.29, 0.717) is 33.7 Å². The normalized spacial score (nSPS) is 14.0. The molecule has 1 aliphatic rings. The number of aryl methyl sites for hydroxylation is 1. The Morgan fingerprint density at radius 2 is 2.00 bits per heavy atom. The van der Waals surface area contributed by atoms with Gasteiger partial charge in [0, 0.05) is 11.1 Å². The summed E-state index contributed by atoms with van der Waals surface area (Å²) in [5.74, 6) is 2.30. The molecule has 0 unspecified atom stereocenters. The Balaban J connectivity index is 1.78. The van der Waals surface area contributed by atoms with Gasteiger partial charge < -0.3 is 14.6 Å². The predicted octanol–water partition coefficient (Wildman–Crippen LogP) is 3.04. The smallest absolute Gasteiger partial charge is 0.231 e. The van der Waals surface area contributed by atoms with Crippen LogP contribution in [-0.4, -0.2) is 26.7 Å². The van der Waals surface area contributed by atoms with Crippen LogP contribution in [-0.2, 0) is 0 Å². The number of rotatable bonds is 3. The summed E-state index contributed by atoms with van der Waals surface area (Å²) in [6.45, 7) is 1.98. The van der Waals surface area contributed by atoms with Gasteiger partial charge in [-0.2, -0.15) is 5.10 Å². The highest BCUT2D eigenvalue weighted by Crippen LogP contribution is 2.34. The highest BCUT2D eigenvalue weighted by atomic mass is 35.5. The van der Waals surface area contributed by atoms with Gasteiger partial charge >= 0.3 is 0 Å². The van der Waals surface area contributed by atoms with Crippen molar-refractivity contribution in [1.29, 1.82) is 0 Å². The average Bonchev–Trinajstić information content (AvgIpc) is 3.19. The summed E-state index contributed by atoms with van der Waals surface area (Å²) in [5.41, 5.74) is 1.38. The summed E-state index contributed by atoms with van der Waals surface area (Å²) in [6, 6.07) is 12.5. The highest BCUT2D eigenvalue weighted by Gasteiger charge is 2.22. The van der Waals surface area contributed by atoms with Gasteiger partial charge in [0.05, 0.1) is 5.69 Å². The maximum atomic E-state index is 10.7. The molecule has 0 radical (unpaired) electrons. The van der Waals surface area contributed by atoms with Crippen LogP contribution in [0.3, 0.4) is 0 Å². The number of hydrogen-bond acceptors (Lipinski definition) is 5. The molecule has 0 saturated carbocycles. The predicted molar refractivity (Wildman–Crippen MR) is 87.7 cm³/mol. The van der Waals surface area contributed by atoms with E-state index in [2.05, 4.69) is 10.1 Å². The van der Waals surface area contributed by atoms with Crippen molar-refractivity contribution in [1.82, 2.24) is 14.8 Å². The largest absolute Gasteiger partial charge is 0.454 e. The molecular formula is C17H14ClN3O3. The van der Waals surface area contributed by atoms with E-state index in [0.717, 1.165) is 5.69 Å². The molecule has 6 nitrogen and oxygen atoms in total. The molecule has 24 heavy (non-hydrogen) atoms. The second-order valence-corrected chi connectivity index (χ2v) is 5.86. The topological polar surface area (TPSA) is 69.4 Å². The fraction of sp³-hybridized carbons (Fsp3) is 0.176. The highest BCUT2D eigenvalue weighted by molar-refractivity contribution is 6.30. The molecule has 2 heterocycles. The molecule has 1 aromatic heterocycles. The van der Waals surface area contributed by atoms with Crippen molar-refractivity contribution in [3.05, 3.63) is 64.7 Å². The Morgan fingerprint density at radius 1 is 1.17 bits per heavy atom. The first-order valence-corrected chi connectivity index (χ1v) is 7.77. The summed E-state index contributed by atoms with van der Waals surface area (Å²) >= 11 is 6.02. The van der Waals surface area contributed by atoms with Crippen LogP contribution in [0.4, 0.5) is 0 Å². The fourth-order valence-corrected chi connectivity index (χ4v) is 2.84. The molecule has 1 N–H and O–H groups in total. The third-order valence-electron chi connectivity index (χ3n) is 3.75. The number of halogens is 1. The van der Waals surface area contributed by atoms with Crippen molar-refractivity contribution >= 4 is 11.6 Å². The third-order valence-corrected chi connectivity index (χ3v) is 3.98. The van der Waals surface area contributed by atoms with Crippen molar-refractivity contribution in [2.24, 2.45) is 0 Å². The monoisotopic (exact) mass is 343 g/mol. The molecule has 1 atom stereocenters. The Hall–Kier alpha value is -2.57. The van der Waals surface area contributed by atoms with Gasteiger partial charge in [0.25, 0.3) is 0 Å². The number of benzene rings is 2. The molecule has 0 aliphatic carbocycles. The number of hydrogen-bond donors (Lipinski definition) is 1. The Morgan fingerprint density at radius 3 is 2.83 bits per heavy atom. The summed E-state index contributed by atoms with van der Waals surface area (Å²) < 4.78 is 12.3. The van der Waals surface area contributed by atoms with Crippen molar-refractivity contribution < 1.29 is 14.6 Å². The minimum Gasteiger partial charge on any atom is -0.454 e. The molecule has 7 heteroatoms. The third kappa shape index (κ3) is 2.60. The molecule has 0 spiro atoms. The number of aromatic nitrogens is 3. The zero-order valence-corrected chi connectivity index (χ0v) is 13.6. The summed E-state index contributed by atoms with van der Waals surface area (Å²) in [7, 11) is 0. The maximum absolute atomic E-state index is 10.7. The second kappa shape index (κ2) is 5.81. The van der Waals surface area contributed by atoms with E-state index in [4.69, 9.17) is 21.1 Å². The lowest BCUT2D eigenvalue weighted by Gasteiger charge is -2.13. The number of fused-ring (bicyclic) bond motifs is 1. The molecule has 3 aromatic rings. The second-order valence-electron chi connectivity index (χ2n) is 5.42. The van der Waals surface area contributed by atoms with Crippen molar-refractivity contribution in [2.45, 2.75) is 13.0 Å². The van der Waals surface area contributed by atoms with E-state index < -0.39 is 6.10 Å². The van der Waals surface area contributed by atoms with E-state index >= 15 is 0 Å². The molecule has 4 rings (SSSR count). The number of aliphatic hydroxyl groups is 1. The van der Waals surface area contributed by atoms with Crippen LogP contribution in [0.1, 0.15) is 23.3 Å². The van der Waals surface area contributed by atoms with Gasteiger partial charge in [0.1, 0.15) is 11.9 Å². The van der Waals surface area contributed by atoms with E-state index in [1.165, 1.54) is 0 Å². The van der Waals surface area contributed by atoms with Gasteiger partial charge in [-0.3, -0.25) is 0 Å². The minimum absolute atomic E-state index is 0.202. The van der Waals surface area contributed by atoms with Crippen LogP contribution in [0.15, 0.2) is 42.5 Å². The van der Waals surface area contributed by atoms with Gasteiger partial charge in [-0.05, 0) is 36.8 Å². The fourth-order valence-electron chi connectivity index (χ4n) is 2.64. The molecule has 2 aromatic carbocycles. The molecule has 0 bridgehead atoms. The maximum Gasteiger partial charge on any atom is 0.231 e. The average molecular weight is 344 g/mol. The van der Waals surface area contributed by atoms with Crippen LogP contribution in [0.2, 0.25) is 5.02 Å². The van der Waals surface area contributed by atoms with Gasteiger partial charge in [-0.15, -0.1) is 0 Å². The van der Waals surface area contributed by atoms with Gasteiger partial charge in [-0.25, -0.2) is 9.67 Å². The quantitative estimate of drug-likeness (QED) is 0.791. The lowest BCUT2D eigenvalue weighted by Crippen LogP contribution is -2.10. The molecule has 0 amide bonds. The van der Waals surface area contributed by atoms with Crippen LogP contribution in [0.5, 0.6) is 11.5 Å². The van der Waals surface area contributed by atoms with Gasteiger partial charge in [0.15, 0.2) is 17.3 Å². The zero-order chi connectivity index (χ0) is 16.7. The molecule has 122 valence electrons. The SMILES string of the molecule is Cc1nc([C@H](O)c2cccc(Cl)c2)n(-c2ccc3c(c2)OCO3)n1. The van der Waals surface area contributed by atoms with E-state index in [1.54, 1.807) is 35.9 Å². The first-order chi connectivity index (χ1) is 11.6. The number of aliphatic hydroxyl groups excluding tert-OH is 1. The van der Waals surface area contributed by atoms with Crippen molar-refractivity contribution in [3.63, 3.8) is 0 Å². The molecule has 0 saturated heterocycles. The van der Waals surface area contributed by atoms with E-state index in [9.17, 15) is 5.11 Å². The molecule has 1 aliphatic heterocycles. The Kier molecular flexibility index (Phi) is 3.63. The molecule has 0 fully saturated rings. The number of nitrogens with zero attached hydrogens (tertiary/aromatic N) is 3. The standard InChI is InChI=1S/C17H14ClN3O3/c1-10-19-17(16(22)11-3-2-4-12(18)7-11)21(20-10)13-5-6-14-15(8-13)24-9-23-14/h2-8,16,22H,9H2,1H3/t16-/m1/s1. The van der Waals surface area contributed by atoms with E-state index in [1.807, 2.05) is 18.2 Å². The van der Waals surface area contributed by atoms with Crippen molar-refractivity contribution in [2.75, 3.05) is 6.79 Å². The Labute approximate surface area is 143 Å². The zero-order valence-electron chi connectivity index (χ0n) is 12.8. The van der Waals surface area contributed by atoms with Crippen LogP contribution >= 0.6 is 11.6 Å². The summed E-state index contributed by atoms with van der Waals surface area (Å²) in [5, 5.41) is 15.7. The van der Waals surface area contributed by atoms with Crippen LogP contribution in [0.25, 0.3) is 5.69 Å². The summed E-state index contributed by atoms with van der Waals surface area (Å²) in [6.07, 6.45) is -0.949. The summed E-state index contributed by atoms with van der Waals surface area (Å²) in [4.78, 5) is 4.37. The Bertz CT molecular complexity index is 910. The first-order valence-electron chi connectivity index (χ1n) is 7.39. The number of ether oxygens (including phenoxy) is 2.